The van der Waals surface area contributed by atoms with Crippen LogP contribution in [0.2, 0.25) is 0 Å². The largest absolute Gasteiger partial charge is 0.400 e. The number of hydrogen-bond acceptors (Lipinski definition) is 1. The number of aryl methyl sites for hydroxylation is 1. The zero-order valence-corrected chi connectivity index (χ0v) is 10.5. The lowest BCUT2D eigenvalue weighted by Gasteiger charge is -1.85. The van der Waals surface area contributed by atoms with Crippen LogP contribution in [0.1, 0.15) is 11.1 Å². The molecule has 2 aromatic carbocycles. The summed E-state index contributed by atoms with van der Waals surface area (Å²) in [6, 6.07) is 20.3. The molecule has 90 valence electrons. The van der Waals surface area contributed by atoms with E-state index in [1.165, 1.54) is 11.1 Å². The number of benzene rings is 2. The van der Waals surface area contributed by atoms with Gasteiger partial charge in [0.25, 0.3) is 0 Å². The van der Waals surface area contributed by atoms with Gasteiger partial charge < -0.3 is 5.11 Å². The number of hydrogen-bond donors (Lipinski definition) is 1. The van der Waals surface area contributed by atoms with Crippen molar-refractivity contribution in [3.05, 3.63) is 78.4 Å². The minimum absolute atomic E-state index is 1.00. The fraction of sp³-hybridized carbons (Fsp3) is 0.125. The van der Waals surface area contributed by atoms with Gasteiger partial charge in [-0.15, -0.1) is 0 Å². The first-order valence-electron chi connectivity index (χ1n) is 5.47. The molecule has 0 bridgehead atoms. The summed E-state index contributed by atoms with van der Waals surface area (Å²) in [5.41, 5.74) is 2.50. The molecule has 0 spiro atoms. The predicted molar refractivity (Wildman–Crippen MR) is 75.9 cm³/mol. The predicted octanol–water partition coefficient (Wildman–Crippen LogP) is 3.93. The zero-order chi connectivity index (χ0) is 12.9. The maximum absolute atomic E-state index is 7.00. The fourth-order valence-electron chi connectivity index (χ4n) is 1.12. The summed E-state index contributed by atoms with van der Waals surface area (Å²) in [4.78, 5) is 0. The van der Waals surface area contributed by atoms with Gasteiger partial charge in [-0.1, -0.05) is 78.9 Å². The Morgan fingerprint density at radius 1 is 0.824 bits per heavy atom. The van der Waals surface area contributed by atoms with Crippen molar-refractivity contribution in [3.8, 4) is 0 Å². The summed E-state index contributed by atoms with van der Waals surface area (Å²) in [7, 11) is 1.00. The summed E-state index contributed by atoms with van der Waals surface area (Å²) in [5, 5.41) is 7.00. The molecule has 0 unspecified atom stereocenters. The van der Waals surface area contributed by atoms with E-state index in [0.29, 0.717) is 0 Å². The van der Waals surface area contributed by atoms with Crippen molar-refractivity contribution in [2.24, 2.45) is 0 Å². The SMILES string of the molecule is C=Cc1ccccc1.CO.Cc1ccccc1. The monoisotopic (exact) mass is 228 g/mol. The zero-order valence-electron chi connectivity index (χ0n) is 10.5. The highest BCUT2D eigenvalue weighted by Crippen LogP contribution is 1.97. The van der Waals surface area contributed by atoms with Crippen LogP contribution in [-0.4, -0.2) is 12.2 Å². The topological polar surface area (TPSA) is 20.2 Å². The molecular formula is C16H20O. The number of rotatable bonds is 1. The fourth-order valence-corrected chi connectivity index (χ4v) is 1.12. The third kappa shape index (κ3) is 8.00. The van der Waals surface area contributed by atoms with Crippen molar-refractivity contribution in [1.82, 2.24) is 0 Å². The lowest BCUT2D eigenvalue weighted by molar-refractivity contribution is 0.399. The summed E-state index contributed by atoms with van der Waals surface area (Å²) in [6.45, 7) is 5.71. The lowest BCUT2D eigenvalue weighted by atomic mass is 10.2. The van der Waals surface area contributed by atoms with Gasteiger partial charge in [-0.25, -0.2) is 0 Å². The van der Waals surface area contributed by atoms with Gasteiger partial charge in [0.2, 0.25) is 0 Å². The van der Waals surface area contributed by atoms with E-state index in [1.54, 1.807) is 0 Å². The van der Waals surface area contributed by atoms with Gasteiger partial charge in [0.1, 0.15) is 0 Å². The highest BCUT2D eigenvalue weighted by atomic mass is 16.2. The average molecular weight is 228 g/mol. The smallest absolute Gasteiger partial charge is 0.0319 e. The standard InChI is InChI=1S/C8H8.C7H8.CH4O/c1-2-8-6-4-3-5-7-8;1-7-5-3-2-4-6-7;1-2/h2-7H,1H2;2-6H,1H3;2H,1H3. The Morgan fingerprint density at radius 2 is 1.24 bits per heavy atom. The van der Waals surface area contributed by atoms with Gasteiger partial charge in [0.15, 0.2) is 0 Å². The van der Waals surface area contributed by atoms with Crippen LogP contribution in [0.3, 0.4) is 0 Å². The third-order valence-corrected chi connectivity index (χ3v) is 1.98. The van der Waals surface area contributed by atoms with Crippen molar-refractivity contribution in [1.29, 1.82) is 0 Å². The van der Waals surface area contributed by atoms with Crippen molar-refractivity contribution < 1.29 is 5.11 Å². The van der Waals surface area contributed by atoms with Crippen LogP contribution < -0.4 is 0 Å². The van der Waals surface area contributed by atoms with Gasteiger partial charge >= 0.3 is 0 Å². The maximum Gasteiger partial charge on any atom is 0.0319 e. The molecular weight excluding hydrogens is 208 g/mol. The summed E-state index contributed by atoms with van der Waals surface area (Å²) in [6.07, 6.45) is 1.83. The molecule has 17 heavy (non-hydrogen) atoms. The minimum Gasteiger partial charge on any atom is -0.400 e. The maximum atomic E-state index is 7.00. The first kappa shape index (κ1) is 15.1. The molecule has 0 aromatic heterocycles. The quantitative estimate of drug-likeness (QED) is 0.784. The van der Waals surface area contributed by atoms with Crippen molar-refractivity contribution in [2.45, 2.75) is 6.92 Å². The molecule has 0 amide bonds. The van der Waals surface area contributed by atoms with E-state index >= 15 is 0 Å². The van der Waals surface area contributed by atoms with E-state index in [9.17, 15) is 0 Å². The van der Waals surface area contributed by atoms with Crippen molar-refractivity contribution in [3.63, 3.8) is 0 Å². The van der Waals surface area contributed by atoms with Crippen LogP contribution in [0, 0.1) is 6.92 Å². The molecule has 1 nitrogen and oxygen atoms in total. The minimum atomic E-state index is 1.00. The normalized spacial score (nSPS) is 7.94. The van der Waals surface area contributed by atoms with Gasteiger partial charge in [-0.2, -0.15) is 0 Å². The molecule has 0 saturated heterocycles. The van der Waals surface area contributed by atoms with Gasteiger partial charge in [-0.3, -0.25) is 0 Å². The molecule has 0 aliphatic carbocycles. The highest BCUT2D eigenvalue weighted by molar-refractivity contribution is 5.45. The Hall–Kier alpha value is -1.86. The molecule has 0 aliphatic rings. The molecule has 0 fully saturated rings. The molecule has 0 radical (unpaired) electrons. The van der Waals surface area contributed by atoms with Crippen LogP contribution in [0.4, 0.5) is 0 Å². The van der Waals surface area contributed by atoms with Gasteiger partial charge in [0.05, 0.1) is 0 Å². The summed E-state index contributed by atoms with van der Waals surface area (Å²) < 4.78 is 0. The second-order valence-corrected chi connectivity index (χ2v) is 3.27. The number of aliphatic hydroxyl groups is 1. The Morgan fingerprint density at radius 3 is 1.47 bits per heavy atom. The first-order chi connectivity index (χ1) is 8.33. The van der Waals surface area contributed by atoms with Gasteiger partial charge in [-0.05, 0) is 12.5 Å². The van der Waals surface area contributed by atoms with Crippen LogP contribution >= 0.6 is 0 Å². The van der Waals surface area contributed by atoms with Crippen molar-refractivity contribution in [2.75, 3.05) is 7.11 Å². The second kappa shape index (κ2) is 10.7. The summed E-state index contributed by atoms with van der Waals surface area (Å²) in [5.74, 6) is 0. The lowest BCUT2D eigenvalue weighted by Crippen LogP contribution is -1.63. The van der Waals surface area contributed by atoms with E-state index in [1.807, 2.05) is 54.6 Å². The van der Waals surface area contributed by atoms with Crippen LogP contribution in [0.25, 0.3) is 6.08 Å². The van der Waals surface area contributed by atoms with E-state index in [2.05, 4.69) is 25.6 Å². The first-order valence-corrected chi connectivity index (χ1v) is 5.47. The average Bonchev–Trinajstić information content (AvgIpc) is 2.43. The van der Waals surface area contributed by atoms with E-state index in [0.717, 1.165) is 7.11 Å². The van der Waals surface area contributed by atoms with E-state index in [4.69, 9.17) is 5.11 Å². The Kier molecular flexibility index (Phi) is 9.49. The molecule has 0 saturated carbocycles. The van der Waals surface area contributed by atoms with Gasteiger partial charge in [0, 0.05) is 7.11 Å². The molecule has 1 heteroatoms. The Bertz CT molecular complexity index is 379. The van der Waals surface area contributed by atoms with Crippen LogP contribution in [0.15, 0.2) is 67.2 Å². The van der Waals surface area contributed by atoms with Crippen LogP contribution in [-0.2, 0) is 0 Å². The molecule has 0 heterocycles. The summed E-state index contributed by atoms with van der Waals surface area (Å²) >= 11 is 0. The molecule has 2 rings (SSSR count). The van der Waals surface area contributed by atoms with Crippen molar-refractivity contribution >= 4 is 6.08 Å². The Balaban J connectivity index is 0.000000265. The molecule has 0 aliphatic heterocycles. The molecule has 2 aromatic rings. The van der Waals surface area contributed by atoms with E-state index in [-0.39, 0.29) is 0 Å². The van der Waals surface area contributed by atoms with E-state index < -0.39 is 0 Å². The second-order valence-electron chi connectivity index (χ2n) is 3.27. The highest BCUT2D eigenvalue weighted by Gasteiger charge is 1.75. The Labute approximate surface area is 104 Å². The van der Waals surface area contributed by atoms with Crippen LogP contribution in [0.5, 0.6) is 0 Å². The number of aliphatic hydroxyl groups excluding tert-OH is 1. The molecule has 1 N–H and O–H groups in total. The molecule has 0 atom stereocenters. The third-order valence-electron chi connectivity index (χ3n) is 1.98.